The van der Waals surface area contributed by atoms with Gasteiger partial charge in [-0.15, -0.1) is 0 Å². The van der Waals surface area contributed by atoms with Crippen molar-refractivity contribution >= 4 is 5.91 Å². The number of aromatic nitrogens is 2. The first-order valence-corrected chi connectivity index (χ1v) is 8.11. The normalized spacial score (nSPS) is 24.2. The number of aryl methyl sites for hydroxylation is 1. The lowest BCUT2D eigenvalue weighted by molar-refractivity contribution is 0.0774. The molecule has 1 amide bonds. The van der Waals surface area contributed by atoms with Crippen LogP contribution in [0.2, 0.25) is 0 Å². The van der Waals surface area contributed by atoms with Gasteiger partial charge in [-0.3, -0.25) is 9.89 Å². The average molecular weight is 275 g/mol. The summed E-state index contributed by atoms with van der Waals surface area (Å²) in [7, 11) is 0. The molecule has 0 spiro atoms. The summed E-state index contributed by atoms with van der Waals surface area (Å²) in [5.41, 5.74) is 1.63. The lowest BCUT2D eigenvalue weighted by atomic mass is 9.80. The average Bonchev–Trinajstić information content (AvgIpc) is 3.17. The van der Waals surface area contributed by atoms with Gasteiger partial charge in [0, 0.05) is 13.1 Å². The van der Waals surface area contributed by atoms with Gasteiger partial charge in [0.15, 0.2) is 0 Å². The van der Waals surface area contributed by atoms with E-state index >= 15 is 0 Å². The van der Waals surface area contributed by atoms with Crippen molar-refractivity contribution in [2.24, 2.45) is 11.8 Å². The first-order valence-electron chi connectivity index (χ1n) is 8.11. The molecule has 0 bridgehead atoms. The van der Waals surface area contributed by atoms with Crippen LogP contribution in [0.5, 0.6) is 0 Å². The summed E-state index contributed by atoms with van der Waals surface area (Å²) < 4.78 is 0. The molecule has 4 heteroatoms. The zero-order valence-corrected chi connectivity index (χ0v) is 12.4. The monoisotopic (exact) mass is 275 g/mol. The summed E-state index contributed by atoms with van der Waals surface area (Å²) in [5, 5.41) is 7.05. The molecule has 1 aliphatic carbocycles. The number of aromatic amines is 1. The zero-order valence-electron chi connectivity index (χ0n) is 12.4. The van der Waals surface area contributed by atoms with Crippen molar-refractivity contribution in [1.29, 1.82) is 0 Å². The van der Waals surface area contributed by atoms with Crippen LogP contribution in [0.1, 0.15) is 61.6 Å². The zero-order chi connectivity index (χ0) is 13.9. The Balaban J connectivity index is 1.60. The van der Waals surface area contributed by atoms with Gasteiger partial charge in [-0.25, -0.2) is 0 Å². The van der Waals surface area contributed by atoms with Crippen molar-refractivity contribution < 1.29 is 4.79 Å². The van der Waals surface area contributed by atoms with E-state index in [4.69, 9.17) is 0 Å². The topological polar surface area (TPSA) is 49.0 Å². The second-order valence-electron chi connectivity index (χ2n) is 6.32. The number of H-pyrrole nitrogens is 1. The van der Waals surface area contributed by atoms with E-state index in [1.165, 1.54) is 38.5 Å². The van der Waals surface area contributed by atoms with Crippen molar-refractivity contribution in [3.8, 4) is 0 Å². The Labute approximate surface area is 120 Å². The molecule has 0 aromatic carbocycles. The fraction of sp³-hybridized carbons (Fsp3) is 0.750. The molecule has 3 rings (SSSR count). The largest absolute Gasteiger partial charge is 0.337 e. The smallest absolute Gasteiger partial charge is 0.271 e. The predicted molar refractivity (Wildman–Crippen MR) is 78.6 cm³/mol. The Morgan fingerprint density at radius 3 is 2.80 bits per heavy atom. The number of rotatable bonds is 3. The van der Waals surface area contributed by atoms with Crippen molar-refractivity contribution in [1.82, 2.24) is 15.1 Å². The molecule has 1 saturated carbocycles. The standard InChI is InChI=1S/C16H25N3O/c1-2-14-10-15(18-17-14)16(20)19-9-8-13(11-19)12-6-4-3-5-7-12/h10,12-13H,2-9,11H2,1H3,(H,17,18). The first kappa shape index (κ1) is 13.7. The maximum absolute atomic E-state index is 12.5. The Bertz CT molecular complexity index is 462. The summed E-state index contributed by atoms with van der Waals surface area (Å²) in [5.74, 6) is 1.72. The first-order chi connectivity index (χ1) is 9.78. The van der Waals surface area contributed by atoms with E-state index in [-0.39, 0.29) is 5.91 Å². The third-order valence-electron chi connectivity index (χ3n) is 5.05. The Morgan fingerprint density at radius 2 is 2.10 bits per heavy atom. The maximum atomic E-state index is 12.5. The van der Waals surface area contributed by atoms with E-state index in [2.05, 4.69) is 17.1 Å². The fourth-order valence-corrected chi connectivity index (χ4v) is 3.79. The molecular weight excluding hydrogens is 250 g/mol. The van der Waals surface area contributed by atoms with Gasteiger partial charge in [0.2, 0.25) is 0 Å². The molecular formula is C16H25N3O. The van der Waals surface area contributed by atoms with E-state index in [0.29, 0.717) is 5.69 Å². The van der Waals surface area contributed by atoms with Crippen LogP contribution >= 0.6 is 0 Å². The number of hydrogen-bond acceptors (Lipinski definition) is 2. The van der Waals surface area contributed by atoms with Gasteiger partial charge in [0.05, 0.1) is 5.69 Å². The summed E-state index contributed by atoms with van der Waals surface area (Å²) in [6.07, 6.45) is 8.97. The minimum Gasteiger partial charge on any atom is -0.337 e. The van der Waals surface area contributed by atoms with Gasteiger partial charge in [-0.1, -0.05) is 39.0 Å². The van der Waals surface area contributed by atoms with Gasteiger partial charge in [0.1, 0.15) is 5.69 Å². The molecule has 2 fully saturated rings. The molecule has 1 aromatic heterocycles. The van der Waals surface area contributed by atoms with E-state index in [0.717, 1.165) is 37.0 Å². The highest BCUT2D eigenvalue weighted by molar-refractivity contribution is 5.92. The third-order valence-corrected chi connectivity index (χ3v) is 5.05. The van der Waals surface area contributed by atoms with Gasteiger partial charge < -0.3 is 4.90 Å². The summed E-state index contributed by atoms with van der Waals surface area (Å²) in [6.45, 7) is 3.92. The molecule has 1 atom stereocenters. The van der Waals surface area contributed by atoms with E-state index in [9.17, 15) is 4.79 Å². The van der Waals surface area contributed by atoms with E-state index in [1.54, 1.807) is 0 Å². The number of nitrogens with one attached hydrogen (secondary N) is 1. The van der Waals surface area contributed by atoms with Gasteiger partial charge in [0.25, 0.3) is 5.91 Å². The van der Waals surface area contributed by atoms with E-state index in [1.807, 2.05) is 11.0 Å². The second kappa shape index (κ2) is 5.98. The Hall–Kier alpha value is -1.32. The number of amides is 1. The van der Waals surface area contributed by atoms with Crippen LogP contribution < -0.4 is 0 Å². The van der Waals surface area contributed by atoms with Gasteiger partial charge in [-0.05, 0) is 30.7 Å². The summed E-state index contributed by atoms with van der Waals surface area (Å²) in [4.78, 5) is 14.5. The Morgan fingerprint density at radius 1 is 1.30 bits per heavy atom. The van der Waals surface area contributed by atoms with Crippen LogP contribution in [-0.4, -0.2) is 34.1 Å². The molecule has 1 saturated heterocycles. The van der Waals surface area contributed by atoms with Gasteiger partial charge >= 0.3 is 0 Å². The van der Waals surface area contributed by atoms with Gasteiger partial charge in [-0.2, -0.15) is 5.10 Å². The van der Waals surface area contributed by atoms with Crippen LogP contribution in [0, 0.1) is 11.8 Å². The molecule has 1 N–H and O–H groups in total. The quantitative estimate of drug-likeness (QED) is 0.922. The highest BCUT2D eigenvalue weighted by atomic mass is 16.2. The minimum atomic E-state index is 0.135. The van der Waals surface area contributed by atoms with E-state index < -0.39 is 0 Å². The SMILES string of the molecule is CCc1cc(C(=O)N2CCC(C3CCCCC3)C2)[nH]n1. The van der Waals surface area contributed by atoms with Crippen LogP contribution in [0.15, 0.2) is 6.07 Å². The molecule has 110 valence electrons. The molecule has 1 unspecified atom stereocenters. The molecule has 1 aliphatic heterocycles. The summed E-state index contributed by atoms with van der Waals surface area (Å²) in [6, 6.07) is 1.90. The molecule has 0 radical (unpaired) electrons. The third kappa shape index (κ3) is 2.74. The second-order valence-corrected chi connectivity index (χ2v) is 6.32. The van der Waals surface area contributed by atoms with Crippen LogP contribution in [0.4, 0.5) is 0 Å². The predicted octanol–water partition coefficient (Wildman–Crippen LogP) is 3.01. The van der Waals surface area contributed by atoms with Crippen LogP contribution in [0.3, 0.4) is 0 Å². The van der Waals surface area contributed by atoms with Crippen LogP contribution in [0.25, 0.3) is 0 Å². The van der Waals surface area contributed by atoms with Crippen molar-refractivity contribution in [3.05, 3.63) is 17.5 Å². The number of nitrogens with zero attached hydrogens (tertiary/aromatic N) is 2. The van der Waals surface area contributed by atoms with Crippen LogP contribution in [-0.2, 0) is 6.42 Å². The molecule has 2 heterocycles. The minimum absolute atomic E-state index is 0.135. The highest BCUT2D eigenvalue weighted by Crippen LogP contribution is 2.35. The summed E-state index contributed by atoms with van der Waals surface area (Å²) >= 11 is 0. The highest BCUT2D eigenvalue weighted by Gasteiger charge is 2.33. The number of carbonyl (C=O) groups excluding carboxylic acids is 1. The molecule has 2 aliphatic rings. The van der Waals surface area contributed by atoms with Crippen molar-refractivity contribution in [3.63, 3.8) is 0 Å². The van der Waals surface area contributed by atoms with Crippen molar-refractivity contribution in [2.75, 3.05) is 13.1 Å². The maximum Gasteiger partial charge on any atom is 0.271 e. The fourth-order valence-electron chi connectivity index (χ4n) is 3.79. The number of carbonyl (C=O) groups is 1. The lowest BCUT2D eigenvalue weighted by Gasteiger charge is -2.27. The lowest BCUT2D eigenvalue weighted by Crippen LogP contribution is -2.30. The molecule has 20 heavy (non-hydrogen) atoms. The number of hydrogen-bond donors (Lipinski definition) is 1. The molecule has 1 aromatic rings. The molecule has 4 nitrogen and oxygen atoms in total. The Kier molecular flexibility index (Phi) is 4.08. The number of likely N-dealkylation sites (tertiary alicyclic amines) is 1. The van der Waals surface area contributed by atoms with Crippen molar-refractivity contribution in [2.45, 2.75) is 51.9 Å².